The Kier molecular flexibility index (Phi) is 4.41. The molecule has 5 heteroatoms. The molecule has 0 amide bonds. The van der Waals surface area contributed by atoms with Gasteiger partial charge < -0.3 is 4.52 Å². The van der Waals surface area contributed by atoms with Gasteiger partial charge in [0.25, 0.3) is 0 Å². The Morgan fingerprint density at radius 2 is 2.05 bits per heavy atom. The minimum atomic E-state index is -0.126. The third-order valence-corrected chi connectivity index (χ3v) is 3.76. The number of benzene rings is 1. The van der Waals surface area contributed by atoms with Crippen molar-refractivity contribution in [2.24, 2.45) is 5.41 Å². The van der Waals surface area contributed by atoms with Gasteiger partial charge in [-0.1, -0.05) is 30.6 Å². The van der Waals surface area contributed by atoms with Crippen molar-refractivity contribution in [1.82, 2.24) is 10.1 Å². The third-order valence-electron chi connectivity index (χ3n) is 3.51. The van der Waals surface area contributed by atoms with E-state index in [1.807, 2.05) is 12.1 Å². The lowest BCUT2D eigenvalue weighted by Gasteiger charge is -2.22. The number of nitriles is 1. The zero-order valence-corrected chi connectivity index (χ0v) is 12.3. The van der Waals surface area contributed by atoms with E-state index in [0.29, 0.717) is 29.6 Å². The summed E-state index contributed by atoms with van der Waals surface area (Å²) in [5, 5.41) is 13.5. The SMILES string of the molecule is CCC(C)(CC#N)Cc1nc(-c2ccc(Cl)cc2)no1. The van der Waals surface area contributed by atoms with Crippen molar-refractivity contribution < 1.29 is 4.52 Å². The van der Waals surface area contributed by atoms with Crippen molar-refractivity contribution in [2.45, 2.75) is 33.1 Å². The van der Waals surface area contributed by atoms with Crippen LogP contribution in [-0.4, -0.2) is 10.1 Å². The fourth-order valence-electron chi connectivity index (χ4n) is 1.91. The van der Waals surface area contributed by atoms with E-state index >= 15 is 0 Å². The lowest BCUT2D eigenvalue weighted by Crippen LogP contribution is -2.18. The minimum absolute atomic E-state index is 0.126. The van der Waals surface area contributed by atoms with Crippen molar-refractivity contribution in [1.29, 1.82) is 5.26 Å². The molecular formula is C15H16ClN3O. The molecule has 1 unspecified atom stereocenters. The Bertz CT molecular complexity index is 615. The van der Waals surface area contributed by atoms with Crippen LogP contribution in [0, 0.1) is 16.7 Å². The van der Waals surface area contributed by atoms with E-state index in [4.69, 9.17) is 21.4 Å². The Balaban J connectivity index is 2.17. The summed E-state index contributed by atoms with van der Waals surface area (Å²) in [6.07, 6.45) is 1.97. The van der Waals surface area contributed by atoms with Crippen LogP contribution >= 0.6 is 11.6 Å². The first kappa shape index (κ1) is 14.5. The van der Waals surface area contributed by atoms with E-state index in [0.717, 1.165) is 12.0 Å². The highest BCUT2D eigenvalue weighted by Gasteiger charge is 2.25. The molecule has 0 saturated carbocycles. The van der Waals surface area contributed by atoms with Gasteiger partial charge in [0, 0.05) is 23.4 Å². The molecule has 0 aliphatic heterocycles. The van der Waals surface area contributed by atoms with Gasteiger partial charge in [0.2, 0.25) is 11.7 Å². The Hall–Kier alpha value is -1.86. The molecule has 0 bridgehead atoms. The number of hydrogen-bond acceptors (Lipinski definition) is 4. The van der Waals surface area contributed by atoms with Crippen LogP contribution in [-0.2, 0) is 6.42 Å². The molecule has 0 spiro atoms. The normalized spacial score (nSPS) is 13.7. The predicted molar refractivity (Wildman–Crippen MR) is 77.1 cm³/mol. The van der Waals surface area contributed by atoms with Gasteiger partial charge >= 0.3 is 0 Å². The van der Waals surface area contributed by atoms with Crippen LogP contribution in [0.15, 0.2) is 28.8 Å². The summed E-state index contributed by atoms with van der Waals surface area (Å²) in [5.41, 5.74) is 0.737. The molecule has 2 rings (SSSR count). The second-order valence-electron chi connectivity index (χ2n) is 5.19. The molecule has 0 N–H and O–H groups in total. The first-order chi connectivity index (χ1) is 9.56. The number of hydrogen-bond donors (Lipinski definition) is 0. The largest absolute Gasteiger partial charge is 0.339 e. The van der Waals surface area contributed by atoms with Crippen LogP contribution in [0.3, 0.4) is 0 Å². The summed E-state index contributed by atoms with van der Waals surface area (Å²) in [5.74, 6) is 1.11. The van der Waals surface area contributed by atoms with E-state index in [9.17, 15) is 0 Å². The molecule has 0 aliphatic rings. The van der Waals surface area contributed by atoms with E-state index in [-0.39, 0.29) is 5.41 Å². The molecule has 1 heterocycles. The highest BCUT2D eigenvalue weighted by atomic mass is 35.5. The molecule has 0 radical (unpaired) electrons. The highest BCUT2D eigenvalue weighted by Crippen LogP contribution is 2.30. The summed E-state index contributed by atoms with van der Waals surface area (Å²) in [6, 6.07) is 9.51. The molecule has 4 nitrogen and oxygen atoms in total. The quantitative estimate of drug-likeness (QED) is 0.825. The van der Waals surface area contributed by atoms with Crippen LogP contribution in [0.4, 0.5) is 0 Å². The summed E-state index contributed by atoms with van der Waals surface area (Å²) < 4.78 is 5.29. The number of rotatable bonds is 5. The van der Waals surface area contributed by atoms with E-state index in [1.165, 1.54) is 0 Å². The molecule has 20 heavy (non-hydrogen) atoms. The predicted octanol–water partition coefficient (Wildman–Crippen LogP) is 4.26. The second kappa shape index (κ2) is 6.06. The van der Waals surface area contributed by atoms with Crippen molar-refractivity contribution in [3.8, 4) is 17.5 Å². The van der Waals surface area contributed by atoms with Gasteiger partial charge in [0.05, 0.1) is 6.07 Å². The first-order valence-electron chi connectivity index (χ1n) is 6.52. The van der Waals surface area contributed by atoms with Crippen LogP contribution in [0.1, 0.15) is 32.6 Å². The summed E-state index contributed by atoms with van der Waals surface area (Å²) in [7, 11) is 0. The van der Waals surface area contributed by atoms with Gasteiger partial charge in [0.15, 0.2) is 0 Å². The van der Waals surface area contributed by atoms with Crippen molar-refractivity contribution in [3.63, 3.8) is 0 Å². The van der Waals surface area contributed by atoms with Crippen molar-refractivity contribution >= 4 is 11.6 Å². The van der Waals surface area contributed by atoms with Crippen LogP contribution in [0.2, 0.25) is 5.02 Å². The van der Waals surface area contributed by atoms with Crippen LogP contribution in [0.25, 0.3) is 11.4 Å². The second-order valence-corrected chi connectivity index (χ2v) is 5.63. The third kappa shape index (κ3) is 3.37. The Morgan fingerprint density at radius 3 is 2.65 bits per heavy atom. The number of aromatic nitrogens is 2. The maximum absolute atomic E-state index is 8.89. The first-order valence-corrected chi connectivity index (χ1v) is 6.89. The van der Waals surface area contributed by atoms with Crippen LogP contribution in [0.5, 0.6) is 0 Å². The zero-order valence-electron chi connectivity index (χ0n) is 11.6. The van der Waals surface area contributed by atoms with Gasteiger partial charge in [-0.05, 0) is 36.1 Å². The van der Waals surface area contributed by atoms with Gasteiger partial charge in [-0.25, -0.2) is 0 Å². The lowest BCUT2D eigenvalue weighted by molar-refractivity contribution is 0.266. The average Bonchev–Trinajstić information content (AvgIpc) is 2.88. The number of nitrogens with zero attached hydrogens (tertiary/aromatic N) is 3. The summed E-state index contributed by atoms with van der Waals surface area (Å²) in [4.78, 5) is 4.40. The minimum Gasteiger partial charge on any atom is -0.339 e. The van der Waals surface area contributed by atoms with Gasteiger partial charge in [-0.15, -0.1) is 0 Å². The molecule has 2 aromatic rings. The van der Waals surface area contributed by atoms with E-state index in [2.05, 4.69) is 30.1 Å². The summed E-state index contributed by atoms with van der Waals surface area (Å²) >= 11 is 5.85. The van der Waals surface area contributed by atoms with E-state index in [1.54, 1.807) is 12.1 Å². The fourth-order valence-corrected chi connectivity index (χ4v) is 2.04. The molecule has 104 valence electrons. The standard InChI is InChI=1S/C15H16ClN3O/c1-3-15(2,8-9-17)10-13-18-14(19-20-13)11-4-6-12(16)7-5-11/h4-7H,3,8,10H2,1-2H3. The molecule has 0 aliphatic carbocycles. The smallest absolute Gasteiger partial charge is 0.227 e. The number of halogens is 1. The van der Waals surface area contributed by atoms with Crippen molar-refractivity contribution in [3.05, 3.63) is 35.2 Å². The fraction of sp³-hybridized carbons (Fsp3) is 0.400. The van der Waals surface area contributed by atoms with Crippen molar-refractivity contribution in [2.75, 3.05) is 0 Å². The Labute approximate surface area is 123 Å². The lowest BCUT2D eigenvalue weighted by atomic mass is 9.81. The van der Waals surface area contributed by atoms with Crippen LogP contribution < -0.4 is 0 Å². The molecule has 0 fully saturated rings. The Morgan fingerprint density at radius 1 is 1.35 bits per heavy atom. The summed E-state index contributed by atoms with van der Waals surface area (Å²) in [6.45, 7) is 4.12. The van der Waals surface area contributed by atoms with Gasteiger partial charge in [-0.2, -0.15) is 10.2 Å². The highest BCUT2D eigenvalue weighted by molar-refractivity contribution is 6.30. The maximum atomic E-state index is 8.89. The topological polar surface area (TPSA) is 62.7 Å². The maximum Gasteiger partial charge on any atom is 0.227 e. The molecular weight excluding hydrogens is 274 g/mol. The monoisotopic (exact) mass is 289 g/mol. The van der Waals surface area contributed by atoms with Gasteiger partial charge in [0.1, 0.15) is 0 Å². The van der Waals surface area contributed by atoms with Gasteiger partial charge in [-0.3, -0.25) is 0 Å². The average molecular weight is 290 g/mol. The molecule has 0 saturated heterocycles. The van der Waals surface area contributed by atoms with E-state index < -0.39 is 0 Å². The zero-order chi connectivity index (χ0) is 14.6. The molecule has 1 atom stereocenters. The molecule has 1 aromatic heterocycles. The molecule has 1 aromatic carbocycles.